The van der Waals surface area contributed by atoms with E-state index in [0.29, 0.717) is 17.1 Å². The maximum atomic E-state index is 12.9. The molecule has 3 aromatic carbocycles. The standard InChI is InChI=1S/C24H18BrF3O3S/c25-21-14-19(31-15-23(29)30)10-11-22(21)32-13-12-20(16-4-2-1-3-5-16)17-6-8-18(9-7-17)24(26,27)28/h1-12,14H,13,15H2,(H,29,30). The zero-order chi connectivity index (χ0) is 23.1. The summed E-state index contributed by atoms with van der Waals surface area (Å²) in [6, 6.07) is 19.8. The van der Waals surface area contributed by atoms with Crippen LogP contribution in [-0.2, 0) is 11.0 Å². The van der Waals surface area contributed by atoms with E-state index in [1.807, 2.05) is 42.5 Å². The number of ether oxygens (including phenoxy) is 1. The monoisotopic (exact) mass is 522 g/mol. The molecule has 0 aliphatic carbocycles. The maximum Gasteiger partial charge on any atom is 0.416 e. The first-order chi connectivity index (χ1) is 15.2. The number of aliphatic carboxylic acids is 1. The second kappa shape index (κ2) is 10.7. The van der Waals surface area contributed by atoms with Crippen molar-refractivity contribution in [2.45, 2.75) is 11.1 Å². The van der Waals surface area contributed by atoms with Crippen molar-refractivity contribution in [3.8, 4) is 5.75 Å². The second-order valence-electron chi connectivity index (χ2n) is 6.64. The van der Waals surface area contributed by atoms with Crippen LogP contribution >= 0.6 is 27.7 Å². The van der Waals surface area contributed by atoms with Gasteiger partial charge in [-0.2, -0.15) is 13.2 Å². The molecule has 0 amide bonds. The van der Waals surface area contributed by atoms with Crippen LogP contribution in [0.25, 0.3) is 5.57 Å². The molecule has 0 spiro atoms. The number of halogens is 4. The van der Waals surface area contributed by atoms with E-state index in [9.17, 15) is 18.0 Å². The van der Waals surface area contributed by atoms with Gasteiger partial charge in [-0.3, -0.25) is 0 Å². The third-order valence-electron chi connectivity index (χ3n) is 4.40. The lowest BCUT2D eigenvalue weighted by Gasteiger charge is -2.12. The van der Waals surface area contributed by atoms with E-state index in [1.54, 1.807) is 12.1 Å². The average Bonchev–Trinajstić information content (AvgIpc) is 2.76. The van der Waals surface area contributed by atoms with Crippen LogP contribution in [0.5, 0.6) is 5.75 Å². The zero-order valence-corrected chi connectivity index (χ0v) is 19.0. The van der Waals surface area contributed by atoms with Crippen LogP contribution in [0, 0.1) is 0 Å². The summed E-state index contributed by atoms with van der Waals surface area (Å²) in [6.07, 6.45) is -2.40. The molecule has 1 N–H and O–H groups in total. The third kappa shape index (κ3) is 6.64. The number of carboxylic acid groups (broad SMARTS) is 1. The van der Waals surface area contributed by atoms with Crippen molar-refractivity contribution in [2.24, 2.45) is 0 Å². The van der Waals surface area contributed by atoms with Crippen LogP contribution in [0.4, 0.5) is 13.2 Å². The van der Waals surface area contributed by atoms with Gasteiger partial charge in [0.15, 0.2) is 6.61 Å². The number of carbonyl (C=O) groups is 1. The highest BCUT2D eigenvalue weighted by atomic mass is 79.9. The Morgan fingerprint density at radius 2 is 1.66 bits per heavy atom. The van der Waals surface area contributed by atoms with Gasteiger partial charge in [0.1, 0.15) is 5.75 Å². The molecule has 0 aliphatic rings. The minimum atomic E-state index is -4.38. The largest absolute Gasteiger partial charge is 0.482 e. The fraction of sp³-hybridized carbons (Fsp3) is 0.125. The van der Waals surface area contributed by atoms with Crippen molar-refractivity contribution in [3.05, 3.63) is 100 Å². The van der Waals surface area contributed by atoms with E-state index < -0.39 is 24.3 Å². The van der Waals surface area contributed by atoms with Gasteiger partial charge in [-0.05, 0) is 63.0 Å². The first-order valence-electron chi connectivity index (χ1n) is 9.44. The molecule has 0 bridgehead atoms. The summed E-state index contributed by atoms with van der Waals surface area (Å²) < 4.78 is 44.7. The Labute approximate surface area is 196 Å². The first kappa shape index (κ1) is 23.9. The van der Waals surface area contributed by atoms with Crippen molar-refractivity contribution >= 4 is 39.2 Å². The van der Waals surface area contributed by atoms with E-state index in [1.165, 1.54) is 23.9 Å². The molecule has 0 saturated carbocycles. The highest BCUT2D eigenvalue weighted by molar-refractivity contribution is 9.10. The molecule has 0 aromatic heterocycles. The number of rotatable bonds is 8. The minimum Gasteiger partial charge on any atom is -0.482 e. The number of hydrogen-bond acceptors (Lipinski definition) is 3. The molecule has 0 atom stereocenters. The molecule has 166 valence electrons. The molecule has 0 saturated heterocycles. The predicted molar refractivity (Wildman–Crippen MR) is 123 cm³/mol. The summed E-state index contributed by atoms with van der Waals surface area (Å²) in [7, 11) is 0. The topological polar surface area (TPSA) is 46.5 Å². The zero-order valence-electron chi connectivity index (χ0n) is 16.6. The molecule has 3 nitrogen and oxygen atoms in total. The van der Waals surface area contributed by atoms with Gasteiger partial charge in [0.05, 0.1) is 5.56 Å². The molecular weight excluding hydrogens is 505 g/mol. The van der Waals surface area contributed by atoms with Crippen molar-refractivity contribution in [2.75, 3.05) is 12.4 Å². The highest BCUT2D eigenvalue weighted by Gasteiger charge is 2.30. The number of benzene rings is 3. The van der Waals surface area contributed by atoms with Gasteiger partial charge < -0.3 is 9.84 Å². The van der Waals surface area contributed by atoms with E-state index in [4.69, 9.17) is 9.84 Å². The van der Waals surface area contributed by atoms with Crippen LogP contribution in [0.15, 0.2) is 88.2 Å². The molecule has 3 rings (SSSR count). The molecule has 0 fully saturated rings. The Kier molecular flexibility index (Phi) is 8.04. The van der Waals surface area contributed by atoms with Crippen LogP contribution in [0.2, 0.25) is 0 Å². The molecule has 3 aromatic rings. The van der Waals surface area contributed by atoms with E-state index in [-0.39, 0.29) is 0 Å². The van der Waals surface area contributed by atoms with Crippen molar-refractivity contribution in [1.29, 1.82) is 0 Å². The molecular formula is C24H18BrF3O3S. The second-order valence-corrected chi connectivity index (χ2v) is 8.56. The van der Waals surface area contributed by atoms with Gasteiger partial charge in [0.2, 0.25) is 0 Å². The lowest BCUT2D eigenvalue weighted by molar-refractivity contribution is -0.139. The van der Waals surface area contributed by atoms with E-state index in [2.05, 4.69) is 15.9 Å². The number of alkyl halides is 3. The Hall–Kier alpha value is -2.71. The minimum absolute atomic E-state index is 0.421. The van der Waals surface area contributed by atoms with Gasteiger partial charge in [0.25, 0.3) is 0 Å². The van der Waals surface area contributed by atoms with Gasteiger partial charge >= 0.3 is 12.1 Å². The number of carboxylic acids is 1. The van der Waals surface area contributed by atoms with Gasteiger partial charge in [0, 0.05) is 15.1 Å². The summed E-state index contributed by atoms with van der Waals surface area (Å²) in [4.78, 5) is 11.5. The molecule has 0 radical (unpaired) electrons. The van der Waals surface area contributed by atoms with Crippen LogP contribution < -0.4 is 4.74 Å². The summed E-state index contributed by atoms with van der Waals surface area (Å²) >= 11 is 4.99. The molecule has 0 aliphatic heterocycles. The maximum absolute atomic E-state index is 12.9. The van der Waals surface area contributed by atoms with Crippen LogP contribution in [0.1, 0.15) is 16.7 Å². The van der Waals surface area contributed by atoms with Gasteiger partial charge in [-0.15, -0.1) is 11.8 Å². The molecule has 32 heavy (non-hydrogen) atoms. The third-order valence-corrected chi connectivity index (χ3v) is 6.32. The highest BCUT2D eigenvalue weighted by Crippen LogP contribution is 2.34. The fourth-order valence-corrected chi connectivity index (χ4v) is 4.40. The first-order valence-corrected chi connectivity index (χ1v) is 11.2. The summed E-state index contributed by atoms with van der Waals surface area (Å²) in [5.41, 5.74) is 1.76. The SMILES string of the molecule is O=C(O)COc1ccc(SCC=C(c2ccccc2)c2ccc(C(F)(F)F)cc2)c(Br)c1. The molecule has 0 unspecified atom stereocenters. The predicted octanol–water partition coefficient (Wildman–Crippen LogP) is 7.16. The Morgan fingerprint density at radius 1 is 1.00 bits per heavy atom. The van der Waals surface area contributed by atoms with Crippen molar-refractivity contribution < 1.29 is 27.8 Å². The van der Waals surface area contributed by atoms with Crippen molar-refractivity contribution in [1.82, 2.24) is 0 Å². The Balaban J connectivity index is 1.79. The fourth-order valence-electron chi connectivity index (χ4n) is 2.91. The summed E-state index contributed by atoms with van der Waals surface area (Å²) in [5.74, 6) is -0.0468. The van der Waals surface area contributed by atoms with Gasteiger partial charge in [-0.25, -0.2) is 4.79 Å². The van der Waals surface area contributed by atoms with E-state index >= 15 is 0 Å². The van der Waals surface area contributed by atoms with Crippen molar-refractivity contribution in [3.63, 3.8) is 0 Å². The Bertz CT molecular complexity index is 1100. The quantitative estimate of drug-likeness (QED) is 0.319. The molecule has 0 heterocycles. The lowest BCUT2D eigenvalue weighted by Crippen LogP contribution is -2.09. The van der Waals surface area contributed by atoms with Crippen LogP contribution in [0.3, 0.4) is 0 Å². The summed E-state index contributed by atoms with van der Waals surface area (Å²) in [6.45, 7) is -0.421. The summed E-state index contributed by atoms with van der Waals surface area (Å²) in [5, 5.41) is 8.71. The van der Waals surface area contributed by atoms with Crippen LogP contribution in [-0.4, -0.2) is 23.4 Å². The van der Waals surface area contributed by atoms with E-state index in [0.717, 1.165) is 32.6 Å². The average molecular weight is 523 g/mol. The lowest BCUT2D eigenvalue weighted by atomic mass is 9.97. The Morgan fingerprint density at radius 3 is 2.25 bits per heavy atom. The smallest absolute Gasteiger partial charge is 0.416 e. The normalized spacial score (nSPS) is 11.9. The number of thioether (sulfide) groups is 1. The van der Waals surface area contributed by atoms with Gasteiger partial charge in [-0.1, -0.05) is 48.5 Å². The molecule has 8 heteroatoms. The number of hydrogen-bond donors (Lipinski definition) is 1.